The zero-order chi connectivity index (χ0) is 14.9. The van der Waals surface area contributed by atoms with Gasteiger partial charge in [0.2, 0.25) is 0 Å². The van der Waals surface area contributed by atoms with Crippen LogP contribution in [-0.4, -0.2) is 20.8 Å². The zero-order valence-electron chi connectivity index (χ0n) is 11.1. The first kappa shape index (κ1) is 15.1. The summed E-state index contributed by atoms with van der Waals surface area (Å²) in [5.74, 6) is 0.334. The summed E-state index contributed by atoms with van der Waals surface area (Å²) in [6, 6.07) is 1.27. The van der Waals surface area contributed by atoms with Crippen molar-refractivity contribution in [3.63, 3.8) is 0 Å². The van der Waals surface area contributed by atoms with Crippen LogP contribution < -0.4 is 0 Å². The van der Waals surface area contributed by atoms with Crippen LogP contribution in [0.4, 0.5) is 13.2 Å². The molecule has 2 aromatic heterocycles. The topological polar surface area (TPSA) is 38.0 Å². The fourth-order valence-corrected chi connectivity index (χ4v) is 2.58. The standard InChI is InChI=1S/C13H15F3N2OS/c1-8(2)12-17-10(7-20-12)6-18-4-3-9(5-18)11(19)13(14,15)16/h3-5,7-8,11,19H,6H2,1-2H3. The number of aliphatic hydroxyl groups is 1. The molecule has 0 aliphatic heterocycles. The van der Waals surface area contributed by atoms with E-state index in [0.717, 1.165) is 10.7 Å². The Kier molecular flexibility index (Phi) is 4.19. The molecule has 1 atom stereocenters. The van der Waals surface area contributed by atoms with Gasteiger partial charge in [0.15, 0.2) is 6.10 Å². The van der Waals surface area contributed by atoms with E-state index in [4.69, 9.17) is 5.11 Å². The molecule has 0 saturated heterocycles. The van der Waals surface area contributed by atoms with Crippen molar-refractivity contribution in [2.24, 2.45) is 0 Å². The van der Waals surface area contributed by atoms with Gasteiger partial charge < -0.3 is 9.67 Å². The molecule has 0 fully saturated rings. The highest BCUT2D eigenvalue weighted by Gasteiger charge is 2.39. The Labute approximate surface area is 118 Å². The van der Waals surface area contributed by atoms with Gasteiger partial charge in [0.1, 0.15) is 0 Å². The van der Waals surface area contributed by atoms with Crippen LogP contribution >= 0.6 is 11.3 Å². The third-order valence-corrected chi connectivity index (χ3v) is 4.00. The maximum Gasteiger partial charge on any atom is 0.418 e. The summed E-state index contributed by atoms with van der Waals surface area (Å²) in [6.07, 6.45) is -4.27. The first-order valence-corrected chi connectivity index (χ1v) is 7.00. The molecule has 1 unspecified atom stereocenters. The molecule has 2 heterocycles. The van der Waals surface area contributed by atoms with E-state index in [1.54, 1.807) is 15.9 Å². The lowest BCUT2D eigenvalue weighted by Crippen LogP contribution is -2.19. The molecule has 0 saturated carbocycles. The lowest BCUT2D eigenvalue weighted by atomic mass is 10.2. The first-order chi connectivity index (χ1) is 9.27. The minimum atomic E-state index is -4.64. The molecule has 0 radical (unpaired) electrons. The first-order valence-electron chi connectivity index (χ1n) is 6.12. The zero-order valence-corrected chi connectivity index (χ0v) is 11.9. The Bertz CT molecular complexity index is 574. The Balaban J connectivity index is 2.09. The molecule has 0 amide bonds. The summed E-state index contributed by atoms with van der Waals surface area (Å²) in [5, 5.41) is 12.1. The highest BCUT2D eigenvalue weighted by molar-refractivity contribution is 7.09. The molecule has 0 aliphatic carbocycles. The number of halogens is 3. The molecule has 7 heteroatoms. The van der Waals surface area contributed by atoms with Gasteiger partial charge in [-0.2, -0.15) is 13.2 Å². The average molecular weight is 304 g/mol. The molecule has 0 bridgehead atoms. The van der Waals surface area contributed by atoms with Crippen molar-refractivity contribution in [2.45, 2.75) is 38.6 Å². The largest absolute Gasteiger partial charge is 0.418 e. The number of aromatic nitrogens is 2. The molecule has 0 spiro atoms. The molecule has 3 nitrogen and oxygen atoms in total. The van der Waals surface area contributed by atoms with Crippen molar-refractivity contribution in [3.8, 4) is 0 Å². The van der Waals surface area contributed by atoms with E-state index in [1.807, 2.05) is 19.2 Å². The van der Waals surface area contributed by atoms with Crippen LogP contribution in [0.5, 0.6) is 0 Å². The highest BCUT2D eigenvalue weighted by atomic mass is 32.1. The maximum atomic E-state index is 12.4. The van der Waals surface area contributed by atoms with E-state index in [2.05, 4.69) is 4.98 Å². The fraction of sp³-hybridized carbons (Fsp3) is 0.462. The quantitative estimate of drug-likeness (QED) is 0.935. The Morgan fingerprint density at radius 2 is 2.10 bits per heavy atom. The fourth-order valence-electron chi connectivity index (χ4n) is 1.76. The lowest BCUT2D eigenvalue weighted by molar-refractivity contribution is -0.206. The number of rotatable bonds is 4. The van der Waals surface area contributed by atoms with Gasteiger partial charge in [-0.3, -0.25) is 0 Å². The van der Waals surface area contributed by atoms with Gasteiger partial charge in [-0.05, 0) is 6.07 Å². The summed E-state index contributed by atoms with van der Waals surface area (Å²) in [5.41, 5.74) is 0.652. The van der Waals surface area contributed by atoms with Crippen LogP contribution in [0.2, 0.25) is 0 Å². The molecule has 110 valence electrons. The number of aliphatic hydroxyl groups excluding tert-OH is 1. The van der Waals surface area contributed by atoms with E-state index in [1.165, 1.54) is 18.5 Å². The van der Waals surface area contributed by atoms with Gasteiger partial charge in [-0.1, -0.05) is 13.8 Å². The van der Waals surface area contributed by atoms with Crippen LogP contribution in [0.25, 0.3) is 0 Å². The van der Waals surface area contributed by atoms with E-state index in [-0.39, 0.29) is 5.56 Å². The van der Waals surface area contributed by atoms with Gasteiger partial charge in [-0.25, -0.2) is 4.98 Å². The molecular formula is C13H15F3N2OS. The van der Waals surface area contributed by atoms with Gasteiger partial charge >= 0.3 is 6.18 Å². The normalized spacial score (nSPS) is 13.9. The van der Waals surface area contributed by atoms with Crippen LogP contribution in [0.3, 0.4) is 0 Å². The summed E-state index contributed by atoms with van der Waals surface area (Å²) >= 11 is 1.54. The summed E-state index contributed by atoms with van der Waals surface area (Å²) in [7, 11) is 0. The minimum Gasteiger partial charge on any atom is -0.379 e. The second-order valence-electron chi connectivity index (χ2n) is 4.89. The predicted molar refractivity (Wildman–Crippen MR) is 70.8 cm³/mol. The smallest absolute Gasteiger partial charge is 0.379 e. The average Bonchev–Trinajstić information content (AvgIpc) is 2.96. The molecular weight excluding hydrogens is 289 g/mol. The molecule has 0 aliphatic rings. The monoisotopic (exact) mass is 304 g/mol. The van der Waals surface area contributed by atoms with Crippen molar-refractivity contribution in [3.05, 3.63) is 40.1 Å². The third-order valence-electron chi connectivity index (χ3n) is 2.81. The van der Waals surface area contributed by atoms with Gasteiger partial charge in [0.05, 0.1) is 17.2 Å². The predicted octanol–water partition coefficient (Wildman–Crippen LogP) is 3.71. The number of thiazole rings is 1. The van der Waals surface area contributed by atoms with Crippen molar-refractivity contribution in [1.29, 1.82) is 0 Å². The van der Waals surface area contributed by atoms with Gasteiger partial charge in [0.25, 0.3) is 0 Å². The number of nitrogens with zero attached hydrogens (tertiary/aromatic N) is 2. The van der Waals surface area contributed by atoms with Crippen molar-refractivity contribution in [2.75, 3.05) is 0 Å². The minimum absolute atomic E-state index is 0.156. The number of hydrogen-bond donors (Lipinski definition) is 1. The van der Waals surface area contributed by atoms with E-state index < -0.39 is 12.3 Å². The van der Waals surface area contributed by atoms with Crippen molar-refractivity contribution in [1.82, 2.24) is 9.55 Å². The van der Waals surface area contributed by atoms with Crippen LogP contribution in [0, 0.1) is 0 Å². The van der Waals surface area contributed by atoms with Crippen molar-refractivity contribution >= 4 is 11.3 Å². The second kappa shape index (κ2) is 5.57. The van der Waals surface area contributed by atoms with Crippen LogP contribution in [-0.2, 0) is 6.54 Å². The number of hydrogen-bond acceptors (Lipinski definition) is 3. The van der Waals surface area contributed by atoms with Gasteiger partial charge in [0, 0.05) is 29.3 Å². The third kappa shape index (κ3) is 3.40. The lowest BCUT2D eigenvalue weighted by Gasteiger charge is -2.12. The van der Waals surface area contributed by atoms with Crippen LogP contribution in [0.15, 0.2) is 23.8 Å². The second-order valence-corrected chi connectivity index (χ2v) is 5.78. The SMILES string of the molecule is CC(C)c1nc(Cn2ccc(C(O)C(F)(F)F)c2)cs1. The Morgan fingerprint density at radius 1 is 1.40 bits per heavy atom. The maximum absolute atomic E-state index is 12.4. The molecule has 2 rings (SSSR count). The van der Waals surface area contributed by atoms with Crippen molar-refractivity contribution < 1.29 is 18.3 Å². The summed E-state index contributed by atoms with van der Waals surface area (Å²) in [6.45, 7) is 4.47. The highest BCUT2D eigenvalue weighted by Crippen LogP contribution is 2.32. The number of alkyl halides is 3. The Hall–Kier alpha value is -1.34. The summed E-state index contributed by atoms with van der Waals surface area (Å²) < 4.78 is 38.8. The van der Waals surface area contributed by atoms with E-state index in [0.29, 0.717) is 12.5 Å². The molecule has 20 heavy (non-hydrogen) atoms. The molecule has 2 aromatic rings. The van der Waals surface area contributed by atoms with Gasteiger partial charge in [-0.15, -0.1) is 11.3 Å². The van der Waals surface area contributed by atoms with E-state index in [9.17, 15) is 13.2 Å². The Morgan fingerprint density at radius 3 is 2.65 bits per heavy atom. The van der Waals surface area contributed by atoms with Crippen LogP contribution in [0.1, 0.15) is 42.1 Å². The van der Waals surface area contributed by atoms with E-state index >= 15 is 0 Å². The molecule has 0 aromatic carbocycles. The summed E-state index contributed by atoms with van der Waals surface area (Å²) in [4.78, 5) is 4.42. The molecule has 1 N–H and O–H groups in total.